The average Bonchev–Trinajstić information content (AvgIpc) is 2.70. The highest BCUT2D eigenvalue weighted by Gasteiger charge is 2.33. The molecule has 0 aromatic rings. The summed E-state index contributed by atoms with van der Waals surface area (Å²) in [4.78, 5) is 6.16. The Labute approximate surface area is 136 Å². The minimum Gasteiger partial charge on any atom is -0.357 e. The first-order chi connectivity index (χ1) is 8.79. The van der Waals surface area contributed by atoms with Crippen molar-refractivity contribution in [3.8, 4) is 0 Å². The molecule has 1 saturated heterocycles. The lowest BCUT2D eigenvalue weighted by Gasteiger charge is -2.25. The van der Waals surface area contributed by atoms with Gasteiger partial charge in [0, 0.05) is 19.6 Å². The van der Waals surface area contributed by atoms with Gasteiger partial charge in [-0.15, -0.1) is 24.0 Å². The largest absolute Gasteiger partial charge is 0.390 e. The van der Waals surface area contributed by atoms with Crippen LogP contribution in [-0.2, 0) is 0 Å². The molecule has 0 saturated carbocycles. The third kappa shape index (κ3) is 6.49. The molecule has 0 amide bonds. The van der Waals surface area contributed by atoms with Gasteiger partial charge in [0.1, 0.15) is 0 Å². The van der Waals surface area contributed by atoms with E-state index >= 15 is 0 Å². The van der Waals surface area contributed by atoms with E-state index in [0.29, 0.717) is 12.5 Å². The molecule has 7 heteroatoms. The first kappa shape index (κ1) is 19.8. The minimum atomic E-state index is -4.14. The van der Waals surface area contributed by atoms with Gasteiger partial charge in [0.25, 0.3) is 0 Å². The summed E-state index contributed by atoms with van der Waals surface area (Å²) in [6.07, 6.45) is -2.86. The average molecular weight is 407 g/mol. The van der Waals surface area contributed by atoms with Crippen LogP contribution < -0.4 is 5.32 Å². The van der Waals surface area contributed by atoms with Crippen LogP contribution in [0.15, 0.2) is 4.99 Å². The maximum atomic E-state index is 12.1. The highest BCUT2D eigenvalue weighted by Crippen LogP contribution is 2.32. The van der Waals surface area contributed by atoms with E-state index < -0.39 is 12.6 Å². The summed E-state index contributed by atoms with van der Waals surface area (Å²) in [6.45, 7) is 8.48. The number of halogens is 4. The number of guanidine groups is 1. The van der Waals surface area contributed by atoms with Crippen molar-refractivity contribution in [2.45, 2.75) is 46.2 Å². The lowest BCUT2D eigenvalue weighted by molar-refractivity contribution is -0.132. The highest BCUT2D eigenvalue weighted by molar-refractivity contribution is 14.0. The Morgan fingerprint density at radius 2 is 2.00 bits per heavy atom. The van der Waals surface area contributed by atoms with Gasteiger partial charge in [0.05, 0.1) is 13.0 Å². The fourth-order valence-electron chi connectivity index (χ4n) is 2.21. The van der Waals surface area contributed by atoms with Crippen LogP contribution in [0.4, 0.5) is 13.2 Å². The van der Waals surface area contributed by atoms with Crippen molar-refractivity contribution in [1.82, 2.24) is 10.2 Å². The molecule has 0 radical (unpaired) electrons. The molecule has 1 aliphatic heterocycles. The van der Waals surface area contributed by atoms with E-state index in [1.54, 1.807) is 0 Å². The second-order valence-corrected chi connectivity index (χ2v) is 5.44. The van der Waals surface area contributed by atoms with Crippen molar-refractivity contribution in [2.75, 3.05) is 26.2 Å². The maximum absolute atomic E-state index is 12.1. The Hall–Kier alpha value is -0.210. The first-order valence-corrected chi connectivity index (χ1v) is 6.89. The lowest BCUT2D eigenvalue weighted by Crippen LogP contribution is -2.41. The number of hydrogen-bond acceptors (Lipinski definition) is 1. The van der Waals surface area contributed by atoms with Gasteiger partial charge < -0.3 is 10.2 Å². The van der Waals surface area contributed by atoms with E-state index in [9.17, 15) is 13.2 Å². The molecule has 1 rings (SSSR count). The Bertz CT molecular complexity index is 320. The highest BCUT2D eigenvalue weighted by atomic mass is 127. The quantitative estimate of drug-likeness (QED) is 0.438. The summed E-state index contributed by atoms with van der Waals surface area (Å²) in [7, 11) is 0. The fraction of sp³-hybridized carbons (Fsp3) is 0.923. The van der Waals surface area contributed by atoms with Crippen LogP contribution in [0, 0.1) is 5.41 Å². The zero-order chi connectivity index (χ0) is 14.5. The normalized spacial score (nSPS) is 23.7. The molecule has 1 aliphatic rings. The van der Waals surface area contributed by atoms with E-state index in [2.05, 4.69) is 29.1 Å². The summed E-state index contributed by atoms with van der Waals surface area (Å²) in [5, 5.41) is 3.08. The molecule has 1 heterocycles. The van der Waals surface area contributed by atoms with Gasteiger partial charge >= 0.3 is 6.18 Å². The van der Waals surface area contributed by atoms with E-state index in [1.165, 1.54) is 0 Å². The van der Waals surface area contributed by atoms with Crippen molar-refractivity contribution in [3.63, 3.8) is 0 Å². The Kier molecular flexibility index (Phi) is 8.20. The van der Waals surface area contributed by atoms with E-state index in [1.807, 2.05) is 6.92 Å². The SMILES string of the molecule is CCNC(=NCCC(F)(F)F)N1CCC(C)(CC)C1.I. The first-order valence-electron chi connectivity index (χ1n) is 6.89. The molecule has 1 atom stereocenters. The zero-order valence-electron chi connectivity index (χ0n) is 12.4. The summed E-state index contributed by atoms with van der Waals surface area (Å²) < 4.78 is 36.4. The smallest absolute Gasteiger partial charge is 0.357 e. The van der Waals surface area contributed by atoms with Crippen molar-refractivity contribution in [2.24, 2.45) is 10.4 Å². The number of rotatable bonds is 4. The number of aliphatic imine (C=N–C) groups is 1. The minimum absolute atomic E-state index is 0. The molecule has 0 aromatic carbocycles. The van der Waals surface area contributed by atoms with Gasteiger partial charge in [-0.2, -0.15) is 13.2 Å². The van der Waals surface area contributed by atoms with Crippen molar-refractivity contribution in [1.29, 1.82) is 0 Å². The molecule has 0 bridgehead atoms. The van der Waals surface area contributed by atoms with E-state index in [0.717, 1.165) is 25.9 Å². The van der Waals surface area contributed by atoms with Gasteiger partial charge in [0.15, 0.2) is 5.96 Å². The summed E-state index contributed by atoms with van der Waals surface area (Å²) >= 11 is 0. The summed E-state index contributed by atoms with van der Waals surface area (Å²) in [5.74, 6) is 0.615. The van der Waals surface area contributed by atoms with Crippen molar-refractivity contribution in [3.05, 3.63) is 0 Å². The number of likely N-dealkylation sites (tertiary alicyclic amines) is 1. The molecule has 1 fully saturated rings. The van der Waals surface area contributed by atoms with Gasteiger partial charge in [-0.05, 0) is 25.2 Å². The molecule has 120 valence electrons. The monoisotopic (exact) mass is 407 g/mol. The Morgan fingerprint density at radius 3 is 2.45 bits per heavy atom. The van der Waals surface area contributed by atoms with Crippen molar-refractivity contribution >= 4 is 29.9 Å². The van der Waals surface area contributed by atoms with Gasteiger partial charge in [0.2, 0.25) is 0 Å². The van der Waals surface area contributed by atoms with Crippen LogP contribution in [0.5, 0.6) is 0 Å². The molecule has 20 heavy (non-hydrogen) atoms. The van der Waals surface area contributed by atoms with Crippen LogP contribution in [0.2, 0.25) is 0 Å². The van der Waals surface area contributed by atoms with E-state index in [4.69, 9.17) is 0 Å². The van der Waals surface area contributed by atoms with Crippen LogP contribution in [-0.4, -0.2) is 43.2 Å². The lowest BCUT2D eigenvalue weighted by atomic mass is 9.87. The molecule has 1 unspecified atom stereocenters. The van der Waals surface area contributed by atoms with Crippen LogP contribution >= 0.6 is 24.0 Å². The molecule has 1 N–H and O–H groups in total. The summed E-state index contributed by atoms with van der Waals surface area (Å²) in [6, 6.07) is 0. The third-order valence-electron chi connectivity index (χ3n) is 3.70. The zero-order valence-corrected chi connectivity index (χ0v) is 14.7. The molecular formula is C13H25F3IN3. The number of alkyl halides is 3. The van der Waals surface area contributed by atoms with E-state index in [-0.39, 0.29) is 35.9 Å². The second-order valence-electron chi connectivity index (χ2n) is 5.44. The van der Waals surface area contributed by atoms with Gasteiger partial charge in [-0.3, -0.25) is 4.99 Å². The molecule has 0 aliphatic carbocycles. The van der Waals surface area contributed by atoms with Gasteiger partial charge in [-0.1, -0.05) is 13.8 Å². The molecule has 0 spiro atoms. The van der Waals surface area contributed by atoms with Crippen molar-refractivity contribution < 1.29 is 13.2 Å². The Balaban J connectivity index is 0.00000361. The number of nitrogens with one attached hydrogen (secondary N) is 1. The van der Waals surface area contributed by atoms with Gasteiger partial charge in [-0.25, -0.2) is 0 Å². The third-order valence-corrected chi connectivity index (χ3v) is 3.70. The fourth-order valence-corrected chi connectivity index (χ4v) is 2.21. The molecule has 3 nitrogen and oxygen atoms in total. The second kappa shape index (κ2) is 8.29. The predicted octanol–water partition coefficient (Wildman–Crippen LogP) is 3.64. The standard InChI is InChI=1S/C13H24F3N3.HI/c1-4-12(3)7-9-19(10-12)11(17-5-2)18-8-6-13(14,15)16;/h4-10H2,1-3H3,(H,17,18);1H. The maximum Gasteiger partial charge on any atom is 0.390 e. The Morgan fingerprint density at radius 1 is 1.35 bits per heavy atom. The topological polar surface area (TPSA) is 27.6 Å². The molecule has 0 aromatic heterocycles. The number of hydrogen-bond donors (Lipinski definition) is 1. The van der Waals surface area contributed by atoms with Crippen LogP contribution in [0.25, 0.3) is 0 Å². The predicted molar refractivity (Wildman–Crippen MR) is 86.7 cm³/mol. The summed E-state index contributed by atoms with van der Waals surface area (Å²) in [5.41, 5.74) is 0.250. The van der Waals surface area contributed by atoms with Crippen LogP contribution in [0.3, 0.4) is 0 Å². The van der Waals surface area contributed by atoms with Crippen LogP contribution in [0.1, 0.15) is 40.0 Å². The molecular weight excluding hydrogens is 382 g/mol. The number of nitrogens with zero attached hydrogens (tertiary/aromatic N) is 2.